The van der Waals surface area contributed by atoms with E-state index in [9.17, 15) is 14.4 Å². The van der Waals surface area contributed by atoms with Crippen LogP contribution in [0.15, 0.2) is 53.7 Å². The second-order valence-corrected chi connectivity index (χ2v) is 8.13. The van der Waals surface area contributed by atoms with E-state index >= 15 is 0 Å². The van der Waals surface area contributed by atoms with Crippen LogP contribution in [0.3, 0.4) is 0 Å². The van der Waals surface area contributed by atoms with Crippen LogP contribution in [0.25, 0.3) is 6.08 Å². The topological polar surface area (TPSA) is 101 Å². The summed E-state index contributed by atoms with van der Waals surface area (Å²) >= 11 is 6.54. The van der Waals surface area contributed by atoms with Crippen LogP contribution in [0.2, 0.25) is 0 Å². The number of nitrogens with zero attached hydrogens (tertiary/aromatic N) is 2. The Kier molecular flexibility index (Phi) is 7.74. The number of hydrogen-bond donors (Lipinski definition) is 2. The van der Waals surface area contributed by atoms with Crippen molar-refractivity contribution >= 4 is 52.1 Å². The molecular weight excluding hydrogens is 436 g/mol. The Labute approximate surface area is 189 Å². The lowest BCUT2D eigenvalue weighted by Gasteiger charge is -2.14. The van der Waals surface area contributed by atoms with Crippen molar-refractivity contribution in [1.82, 2.24) is 20.7 Å². The van der Waals surface area contributed by atoms with Crippen molar-refractivity contribution in [3.63, 3.8) is 0 Å². The molecular formula is C21H20N4O4S2. The van der Waals surface area contributed by atoms with Gasteiger partial charge in [-0.15, -0.1) is 0 Å². The molecule has 0 spiro atoms. The number of aromatic nitrogens is 1. The number of carbonyl (C=O) groups excluding carboxylic acids is 3. The molecule has 1 fully saturated rings. The summed E-state index contributed by atoms with van der Waals surface area (Å²) < 4.78 is 5.65. The minimum absolute atomic E-state index is 0.124. The van der Waals surface area contributed by atoms with Crippen LogP contribution >= 0.6 is 24.0 Å². The molecule has 0 saturated carbocycles. The number of pyridine rings is 1. The van der Waals surface area contributed by atoms with E-state index in [1.165, 1.54) is 22.9 Å². The Morgan fingerprint density at radius 1 is 1.26 bits per heavy atom. The first-order valence-electron chi connectivity index (χ1n) is 9.36. The van der Waals surface area contributed by atoms with Gasteiger partial charge in [0.15, 0.2) is 0 Å². The largest absolute Gasteiger partial charge is 0.497 e. The molecule has 10 heteroatoms. The monoisotopic (exact) mass is 456 g/mol. The van der Waals surface area contributed by atoms with E-state index in [0.29, 0.717) is 33.5 Å². The molecule has 1 aromatic carbocycles. The zero-order valence-corrected chi connectivity index (χ0v) is 18.3. The number of ether oxygens (including phenoxy) is 1. The summed E-state index contributed by atoms with van der Waals surface area (Å²) in [7, 11) is 1.58. The lowest BCUT2D eigenvalue weighted by atomic mass is 10.2. The molecule has 1 saturated heterocycles. The minimum Gasteiger partial charge on any atom is -0.497 e. The second kappa shape index (κ2) is 10.7. The highest BCUT2D eigenvalue weighted by Gasteiger charge is 2.31. The number of hydrogen-bond acceptors (Lipinski definition) is 7. The number of thioether (sulfide) groups is 1. The Morgan fingerprint density at radius 2 is 2.10 bits per heavy atom. The first-order valence-corrected chi connectivity index (χ1v) is 10.6. The number of hydrazine groups is 1. The molecule has 1 aliphatic rings. The number of carbonyl (C=O) groups is 3. The first kappa shape index (κ1) is 22.4. The van der Waals surface area contributed by atoms with Gasteiger partial charge >= 0.3 is 0 Å². The van der Waals surface area contributed by atoms with Crippen molar-refractivity contribution in [2.75, 3.05) is 13.7 Å². The third kappa shape index (κ3) is 6.12. The Morgan fingerprint density at radius 3 is 2.84 bits per heavy atom. The van der Waals surface area contributed by atoms with Gasteiger partial charge in [0.05, 0.1) is 17.6 Å². The van der Waals surface area contributed by atoms with E-state index in [1.807, 2.05) is 24.3 Å². The minimum atomic E-state index is -0.457. The van der Waals surface area contributed by atoms with Gasteiger partial charge in [-0.2, -0.15) is 0 Å². The fraction of sp³-hybridized carbons (Fsp3) is 0.190. The zero-order valence-electron chi connectivity index (χ0n) is 16.7. The van der Waals surface area contributed by atoms with Crippen molar-refractivity contribution in [3.05, 3.63) is 64.8 Å². The van der Waals surface area contributed by atoms with Gasteiger partial charge in [0.25, 0.3) is 11.8 Å². The summed E-state index contributed by atoms with van der Waals surface area (Å²) in [5, 5.41) is 0. The molecule has 2 aromatic rings. The van der Waals surface area contributed by atoms with Gasteiger partial charge in [-0.3, -0.25) is 35.1 Å². The first-order chi connectivity index (χ1) is 15.0. The number of methoxy groups -OCH3 is 1. The van der Waals surface area contributed by atoms with Crippen LogP contribution in [0.5, 0.6) is 5.75 Å². The highest BCUT2D eigenvalue weighted by molar-refractivity contribution is 8.26. The zero-order chi connectivity index (χ0) is 22.2. The predicted molar refractivity (Wildman–Crippen MR) is 122 cm³/mol. The lowest BCUT2D eigenvalue weighted by molar-refractivity contribution is -0.124. The Hall–Kier alpha value is -3.24. The third-order valence-electron chi connectivity index (χ3n) is 4.29. The smallest absolute Gasteiger partial charge is 0.271 e. The molecule has 2 heterocycles. The summed E-state index contributed by atoms with van der Waals surface area (Å²) in [6.45, 7) is 0.310. The van der Waals surface area contributed by atoms with Gasteiger partial charge in [0.1, 0.15) is 10.1 Å². The maximum atomic E-state index is 12.7. The Balaban J connectivity index is 1.47. The van der Waals surface area contributed by atoms with Crippen LogP contribution in [0.4, 0.5) is 0 Å². The molecule has 0 bridgehead atoms. The number of benzene rings is 1. The molecule has 160 valence electrons. The highest BCUT2D eigenvalue weighted by atomic mass is 32.2. The van der Waals surface area contributed by atoms with Crippen LogP contribution < -0.4 is 15.6 Å². The molecule has 8 nitrogen and oxygen atoms in total. The molecule has 3 amide bonds. The second-order valence-electron chi connectivity index (χ2n) is 6.46. The van der Waals surface area contributed by atoms with Gasteiger partial charge in [0.2, 0.25) is 5.91 Å². The molecule has 0 aliphatic carbocycles. The number of thiocarbonyl (C=S) groups is 1. The predicted octanol–water partition coefficient (Wildman–Crippen LogP) is 2.53. The van der Waals surface area contributed by atoms with E-state index in [1.54, 1.807) is 31.5 Å². The van der Waals surface area contributed by atoms with Crippen molar-refractivity contribution in [2.45, 2.75) is 12.8 Å². The lowest BCUT2D eigenvalue weighted by Crippen LogP contribution is -2.42. The van der Waals surface area contributed by atoms with Crippen molar-refractivity contribution in [1.29, 1.82) is 0 Å². The van der Waals surface area contributed by atoms with E-state index < -0.39 is 5.91 Å². The number of rotatable bonds is 7. The molecule has 3 rings (SSSR count). The summed E-state index contributed by atoms with van der Waals surface area (Å²) in [6.07, 6.45) is 5.24. The van der Waals surface area contributed by atoms with Gasteiger partial charge in [-0.1, -0.05) is 36.1 Å². The summed E-state index contributed by atoms with van der Waals surface area (Å²) in [5.74, 6) is -0.315. The van der Waals surface area contributed by atoms with Gasteiger partial charge in [-0.25, -0.2) is 0 Å². The van der Waals surface area contributed by atoms with E-state index in [4.69, 9.17) is 17.0 Å². The van der Waals surface area contributed by atoms with Gasteiger partial charge < -0.3 is 4.74 Å². The number of nitrogens with one attached hydrogen (secondary N) is 2. The maximum Gasteiger partial charge on any atom is 0.271 e. The fourth-order valence-corrected chi connectivity index (χ4v) is 4.04. The van der Waals surface area contributed by atoms with E-state index in [-0.39, 0.29) is 18.2 Å². The number of amides is 3. The molecule has 2 N–H and O–H groups in total. The normalized spacial score (nSPS) is 14.6. The van der Waals surface area contributed by atoms with E-state index in [2.05, 4.69) is 15.8 Å². The van der Waals surface area contributed by atoms with Crippen LogP contribution in [-0.2, 0) is 9.59 Å². The molecule has 0 unspecified atom stereocenters. The average Bonchev–Trinajstić information content (AvgIpc) is 3.05. The summed E-state index contributed by atoms with van der Waals surface area (Å²) in [6, 6.07) is 10.6. The molecule has 31 heavy (non-hydrogen) atoms. The fourth-order valence-electron chi connectivity index (χ4n) is 2.73. The van der Waals surface area contributed by atoms with Crippen LogP contribution in [-0.4, -0.2) is 45.6 Å². The van der Waals surface area contributed by atoms with Crippen molar-refractivity contribution in [2.24, 2.45) is 0 Å². The highest BCUT2D eigenvalue weighted by Crippen LogP contribution is 2.33. The quantitative estimate of drug-likeness (QED) is 0.375. The summed E-state index contributed by atoms with van der Waals surface area (Å²) in [5.41, 5.74) is 5.85. The average molecular weight is 457 g/mol. The van der Waals surface area contributed by atoms with Gasteiger partial charge in [0, 0.05) is 25.4 Å². The Bertz CT molecular complexity index is 1030. The molecule has 1 aliphatic heterocycles. The van der Waals surface area contributed by atoms with Gasteiger partial charge in [-0.05, 0) is 42.3 Å². The van der Waals surface area contributed by atoms with Crippen molar-refractivity contribution in [3.8, 4) is 5.75 Å². The summed E-state index contributed by atoms with van der Waals surface area (Å²) in [4.78, 5) is 42.4. The molecule has 1 aromatic heterocycles. The molecule has 0 atom stereocenters. The standard InChI is InChI=1S/C21H20N4O4S2/c1-29-16-7-2-5-14(11-16)12-17-20(28)25(21(30)31-17)10-4-8-18(26)23-24-19(27)15-6-3-9-22-13-15/h2-3,5-7,9,11-13H,4,8,10H2,1H3,(H,23,26)(H,24,27)/b17-12+. The van der Waals surface area contributed by atoms with Crippen LogP contribution in [0, 0.1) is 0 Å². The van der Waals surface area contributed by atoms with Crippen LogP contribution in [0.1, 0.15) is 28.8 Å². The molecule has 0 radical (unpaired) electrons. The third-order valence-corrected chi connectivity index (χ3v) is 5.67. The van der Waals surface area contributed by atoms with E-state index in [0.717, 1.165) is 5.56 Å². The van der Waals surface area contributed by atoms with Crippen molar-refractivity contribution < 1.29 is 19.1 Å². The SMILES string of the molecule is COc1cccc(/C=C2/SC(=S)N(CCCC(=O)NNC(=O)c3cccnc3)C2=O)c1. The maximum absolute atomic E-state index is 12.7.